The molecule has 0 saturated heterocycles. The third-order valence-electron chi connectivity index (χ3n) is 4.18. The Balaban J connectivity index is 1.92. The third-order valence-corrected chi connectivity index (χ3v) is 5.64. The van der Waals surface area contributed by atoms with Gasteiger partial charge in [-0.15, -0.1) is 11.3 Å². The van der Waals surface area contributed by atoms with Crippen LogP contribution in [0.3, 0.4) is 0 Å². The number of halogens is 2. The summed E-state index contributed by atoms with van der Waals surface area (Å²) in [6, 6.07) is 4.25. The lowest BCUT2D eigenvalue weighted by molar-refractivity contribution is 0.0605. The van der Waals surface area contributed by atoms with Crippen LogP contribution in [-0.2, 0) is 9.47 Å². The average molecular weight is 466 g/mol. The molecule has 0 aliphatic carbocycles. The first kappa shape index (κ1) is 22.9. The number of ether oxygens (including phenoxy) is 2. The fourth-order valence-electron chi connectivity index (χ4n) is 2.65. The second-order valence-electron chi connectivity index (χ2n) is 6.41. The summed E-state index contributed by atoms with van der Waals surface area (Å²) in [5.74, 6) is -0.123. The molecular weight excluding hydrogens is 445 g/mol. The molecule has 3 aromatic rings. The Bertz CT molecular complexity index is 1080. The molecule has 31 heavy (non-hydrogen) atoms. The highest BCUT2D eigenvalue weighted by atomic mass is 35.5. The molecule has 0 radical (unpaired) electrons. The van der Waals surface area contributed by atoms with Crippen LogP contribution >= 0.6 is 22.9 Å². The molecule has 0 amide bonds. The molecule has 0 bridgehead atoms. The zero-order valence-corrected chi connectivity index (χ0v) is 18.7. The van der Waals surface area contributed by atoms with Crippen molar-refractivity contribution in [2.24, 2.45) is 0 Å². The summed E-state index contributed by atoms with van der Waals surface area (Å²) in [5.41, 5.74) is 1.76. The van der Waals surface area contributed by atoms with Gasteiger partial charge >= 0.3 is 5.97 Å². The van der Waals surface area contributed by atoms with E-state index < -0.39 is 11.8 Å². The Hall–Kier alpha value is -2.82. The Morgan fingerprint density at radius 2 is 2.10 bits per heavy atom. The zero-order valence-electron chi connectivity index (χ0n) is 17.2. The summed E-state index contributed by atoms with van der Waals surface area (Å²) in [4.78, 5) is 25.7. The zero-order chi connectivity index (χ0) is 22.4. The molecule has 0 saturated carbocycles. The van der Waals surface area contributed by atoms with Crippen LogP contribution in [-0.4, -0.2) is 48.3 Å². The smallest absolute Gasteiger partial charge is 0.349 e. The number of hydrogen-bond acceptors (Lipinski definition) is 9. The number of methoxy groups -OCH3 is 2. The van der Waals surface area contributed by atoms with Crippen LogP contribution in [0.1, 0.15) is 21.8 Å². The molecule has 3 rings (SSSR count). The van der Waals surface area contributed by atoms with E-state index in [2.05, 4.69) is 25.6 Å². The summed E-state index contributed by atoms with van der Waals surface area (Å²) in [5, 5.41) is 6.85. The van der Waals surface area contributed by atoms with Crippen LogP contribution in [0.5, 0.6) is 0 Å². The molecule has 2 heterocycles. The van der Waals surface area contributed by atoms with Crippen LogP contribution in [0, 0.1) is 12.7 Å². The lowest BCUT2D eigenvalue weighted by Crippen LogP contribution is -2.09. The highest BCUT2D eigenvalue weighted by Gasteiger charge is 2.20. The van der Waals surface area contributed by atoms with Gasteiger partial charge in [0.15, 0.2) is 0 Å². The quantitative estimate of drug-likeness (QED) is 0.347. The third kappa shape index (κ3) is 5.66. The number of aromatic nitrogens is 3. The minimum absolute atomic E-state index is 0.00636. The minimum Gasteiger partial charge on any atom is -0.465 e. The number of anilines is 3. The van der Waals surface area contributed by atoms with Crippen molar-refractivity contribution in [1.82, 2.24) is 15.0 Å². The van der Waals surface area contributed by atoms with E-state index in [1.807, 2.05) is 0 Å². The van der Waals surface area contributed by atoms with Crippen molar-refractivity contribution in [3.8, 4) is 10.6 Å². The van der Waals surface area contributed by atoms with Crippen LogP contribution < -0.4 is 10.6 Å². The van der Waals surface area contributed by atoms with E-state index in [1.54, 1.807) is 20.2 Å². The van der Waals surface area contributed by atoms with Gasteiger partial charge in [-0.05, 0) is 31.5 Å². The van der Waals surface area contributed by atoms with Gasteiger partial charge in [-0.1, -0.05) is 11.6 Å². The number of esters is 1. The lowest BCUT2D eigenvalue weighted by atomic mass is 10.3. The SMILES string of the molecule is COCCCNc1nc(Nc2ccc(F)c(Cl)c2)ncc1-c1nc(C)c(C(=O)OC)s1. The normalized spacial score (nSPS) is 10.7. The van der Waals surface area contributed by atoms with Gasteiger partial charge in [0, 0.05) is 32.1 Å². The average Bonchev–Trinajstić information content (AvgIpc) is 3.15. The number of nitrogens with one attached hydrogen (secondary N) is 2. The maximum absolute atomic E-state index is 13.4. The Morgan fingerprint density at radius 3 is 2.81 bits per heavy atom. The van der Waals surface area contributed by atoms with E-state index in [0.29, 0.717) is 51.7 Å². The number of aryl methyl sites for hydroxylation is 1. The molecule has 11 heteroatoms. The maximum Gasteiger partial charge on any atom is 0.349 e. The second-order valence-corrected chi connectivity index (χ2v) is 7.81. The van der Waals surface area contributed by atoms with E-state index >= 15 is 0 Å². The van der Waals surface area contributed by atoms with Crippen molar-refractivity contribution in [3.05, 3.63) is 45.8 Å². The standard InChI is InChI=1S/C20H21ClFN5O3S/c1-11-16(19(28)30-3)31-18(25-11)13-10-24-20(27-17(13)23-7-4-8-29-2)26-12-5-6-15(22)14(21)9-12/h5-6,9-10H,4,7-8H2,1-3H3,(H2,23,24,26,27). The first-order valence-electron chi connectivity index (χ1n) is 9.31. The van der Waals surface area contributed by atoms with Crippen LogP contribution in [0.15, 0.2) is 24.4 Å². The number of thiazole rings is 1. The fraction of sp³-hybridized carbons (Fsp3) is 0.300. The van der Waals surface area contributed by atoms with Gasteiger partial charge in [0.05, 0.1) is 23.4 Å². The molecule has 0 spiro atoms. The Labute approximate surface area is 187 Å². The fourth-order valence-corrected chi connectivity index (χ4v) is 3.83. The summed E-state index contributed by atoms with van der Waals surface area (Å²) >= 11 is 7.05. The van der Waals surface area contributed by atoms with Crippen LogP contribution in [0.25, 0.3) is 10.6 Å². The maximum atomic E-state index is 13.4. The summed E-state index contributed by atoms with van der Waals surface area (Å²) in [6.07, 6.45) is 2.37. The number of carbonyl (C=O) groups is 1. The summed E-state index contributed by atoms with van der Waals surface area (Å²) < 4.78 is 23.3. The lowest BCUT2D eigenvalue weighted by Gasteiger charge is -2.12. The molecule has 2 N–H and O–H groups in total. The van der Waals surface area contributed by atoms with E-state index in [-0.39, 0.29) is 5.02 Å². The van der Waals surface area contributed by atoms with E-state index in [1.165, 1.54) is 36.6 Å². The molecule has 0 atom stereocenters. The predicted molar refractivity (Wildman–Crippen MR) is 119 cm³/mol. The van der Waals surface area contributed by atoms with Gasteiger partial charge in [0.2, 0.25) is 5.95 Å². The monoisotopic (exact) mass is 465 g/mol. The van der Waals surface area contributed by atoms with Gasteiger partial charge in [-0.3, -0.25) is 0 Å². The number of nitrogens with zero attached hydrogens (tertiary/aromatic N) is 3. The van der Waals surface area contributed by atoms with Gasteiger partial charge < -0.3 is 20.1 Å². The first-order valence-corrected chi connectivity index (χ1v) is 10.5. The molecule has 0 unspecified atom stereocenters. The van der Waals surface area contributed by atoms with Crippen molar-refractivity contribution in [3.63, 3.8) is 0 Å². The largest absolute Gasteiger partial charge is 0.465 e. The number of hydrogen-bond donors (Lipinski definition) is 2. The molecule has 164 valence electrons. The molecule has 0 aliphatic heterocycles. The predicted octanol–water partition coefficient (Wildman–Crippen LogP) is 4.68. The second kappa shape index (κ2) is 10.5. The Morgan fingerprint density at radius 1 is 1.29 bits per heavy atom. The molecule has 1 aromatic carbocycles. The van der Waals surface area contributed by atoms with Gasteiger partial charge in [0.25, 0.3) is 0 Å². The number of carbonyl (C=O) groups excluding carboxylic acids is 1. The first-order chi connectivity index (χ1) is 14.9. The van der Waals surface area contributed by atoms with E-state index in [4.69, 9.17) is 21.1 Å². The van der Waals surface area contributed by atoms with Crippen LogP contribution in [0.4, 0.5) is 21.8 Å². The number of rotatable bonds is 9. The topological polar surface area (TPSA) is 98.3 Å². The molecule has 0 fully saturated rings. The summed E-state index contributed by atoms with van der Waals surface area (Å²) in [7, 11) is 2.97. The van der Waals surface area contributed by atoms with Crippen molar-refractivity contribution < 1.29 is 18.7 Å². The van der Waals surface area contributed by atoms with Crippen molar-refractivity contribution in [2.45, 2.75) is 13.3 Å². The van der Waals surface area contributed by atoms with Crippen LogP contribution in [0.2, 0.25) is 5.02 Å². The van der Waals surface area contributed by atoms with Gasteiger partial charge in [0.1, 0.15) is 21.5 Å². The van der Waals surface area contributed by atoms with Crippen molar-refractivity contribution >= 4 is 46.4 Å². The molecule has 2 aromatic heterocycles. The van der Waals surface area contributed by atoms with Gasteiger partial charge in [-0.25, -0.2) is 19.2 Å². The van der Waals surface area contributed by atoms with E-state index in [9.17, 15) is 9.18 Å². The van der Waals surface area contributed by atoms with E-state index in [0.717, 1.165) is 6.42 Å². The highest BCUT2D eigenvalue weighted by Crippen LogP contribution is 2.33. The Kier molecular flexibility index (Phi) is 7.72. The molecule has 8 nitrogen and oxygen atoms in total. The highest BCUT2D eigenvalue weighted by molar-refractivity contribution is 7.17. The van der Waals surface area contributed by atoms with Crippen molar-refractivity contribution in [1.29, 1.82) is 0 Å². The number of benzene rings is 1. The summed E-state index contributed by atoms with van der Waals surface area (Å²) in [6.45, 7) is 2.94. The molecular formula is C20H21ClFN5O3S. The minimum atomic E-state index is -0.510. The molecule has 0 aliphatic rings. The van der Waals surface area contributed by atoms with Gasteiger partial charge in [-0.2, -0.15) is 4.98 Å². The van der Waals surface area contributed by atoms with Crippen molar-refractivity contribution in [2.75, 3.05) is 38.0 Å².